The van der Waals surface area contributed by atoms with E-state index >= 15 is 0 Å². The van der Waals surface area contributed by atoms with Gasteiger partial charge in [0.05, 0.1) is 30.4 Å². The molecule has 0 aliphatic carbocycles. The largest absolute Gasteiger partial charge is 0.507 e. The van der Waals surface area contributed by atoms with E-state index in [1.54, 1.807) is 12.1 Å². The number of halogens is 1. The van der Waals surface area contributed by atoms with E-state index in [2.05, 4.69) is 13.8 Å². The minimum absolute atomic E-state index is 0.0274. The van der Waals surface area contributed by atoms with Gasteiger partial charge in [-0.3, -0.25) is 9.59 Å². The average Bonchev–Trinajstić information content (AvgIpc) is 3.01. The van der Waals surface area contributed by atoms with Crippen LogP contribution >= 0.6 is 11.6 Å². The van der Waals surface area contributed by atoms with E-state index in [1.165, 1.54) is 25.2 Å². The Balaban J connectivity index is 2.14. The van der Waals surface area contributed by atoms with E-state index < -0.39 is 17.7 Å². The van der Waals surface area contributed by atoms with Gasteiger partial charge in [0.1, 0.15) is 11.5 Å². The average molecular weight is 444 g/mol. The Kier molecular flexibility index (Phi) is 7.03. The maximum atomic E-state index is 13.0. The molecule has 0 spiro atoms. The van der Waals surface area contributed by atoms with Gasteiger partial charge in [0.25, 0.3) is 11.7 Å². The van der Waals surface area contributed by atoms with E-state index in [0.29, 0.717) is 17.2 Å². The number of aliphatic hydroxyl groups is 1. The van der Waals surface area contributed by atoms with Crippen molar-refractivity contribution in [1.29, 1.82) is 0 Å². The fraction of sp³-hybridized carbons (Fsp3) is 0.333. The van der Waals surface area contributed by atoms with Gasteiger partial charge in [0, 0.05) is 19.2 Å². The van der Waals surface area contributed by atoms with Crippen molar-refractivity contribution in [3.63, 3.8) is 0 Å². The third kappa shape index (κ3) is 4.45. The highest BCUT2D eigenvalue weighted by molar-refractivity contribution is 6.46. The van der Waals surface area contributed by atoms with Crippen LogP contribution in [0.2, 0.25) is 5.02 Å². The molecule has 1 fully saturated rings. The summed E-state index contributed by atoms with van der Waals surface area (Å²) in [5.41, 5.74) is 2.24. The number of ether oxygens (including phenoxy) is 2. The quantitative estimate of drug-likeness (QED) is 0.386. The number of nitrogens with zero attached hydrogens (tertiary/aromatic N) is 1. The van der Waals surface area contributed by atoms with Crippen molar-refractivity contribution in [2.75, 3.05) is 27.4 Å². The van der Waals surface area contributed by atoms with Crippen LogP contribution in [0.1, 0.15) is 42.5 Å². The smallest absolute Gasteiger partial charge is 0.295 e. The van der Waals surface area contributed by atoms with Crippen LogP contribution in [0.5, 0.6) is 5.75 Å². The van der Waals surface area contributed by atoms with Gasteiger partial charge < -0.3 is 19.5 Å². The van der Waals surface area contributed by atoms with E-state index in [-0.39, 0.29) is 29.5 Å². The molecule has 1 aliphatic heterocycles. The molecule has 164 valence electrons. The van der Waals surface area contributed by atoms with Crippen molar-refractivity contribution < 1.29 is 24.2 Å². The number of methoxy groups -OCH3 is 2. The number of hydrogen-bond acceptors (Lipinski definition) is 5. The summed E-state index contributed by atoms with van der Waals surface area (Å²) in [5, 5.41) is 11.4. The second-order valence-corrected chi connectivity index (χ2v) is 8.06. The molecule has 1 atom stereocenters. The molecule has 6 nitrogen and oxygen atoms in total. The molecule has 2 aromatic carbocycles. The first-order valence-corrected chi connectivity index (χ1v) is 10.4. The number of ketones is 1. The second kappa shape index (κ2) is 9.54. The Hall–Kier alpha value is -2.83. The zero-order valence-electron chi connectivity index (χ0n) is 18.0. The van der Waals surface area contributed by atoms with E-state index in [1.807, 2.05) is 24.3 Å². The van der Waals surface area contributed by atoms with Gasteiger partial charge in [-0.05, 0) is 35.2 Å². The first kappa shape index (κ1) is 22.8. The summed E-state index contributed by atoms with van der Waals surface area (Å²) >= 11 is 6.21. The van der Waals surface area contributed by atoms with Crippen molar-refractivity contribution in [3.05, 3.63) is 69.8 Å². The molecule has 1 unspecified atom stereocenters. The van der Waals surface area contributed by atoms with Gasteiger partial charge in [-0.2, -0.15) is 0 Å². The minimum Gasteiger partial charge on any atom is -0.507 e. The fourth-order valence-electron chi connectivity index (χ4n) is 3.68. The van der Waals surface area contributed by atoms with Crippen LogP contribution in [0.3, 0.4) is 0 Å². The van der Waals surface area contributed by atoms with Gasteiger partial charge >= 0.3 is 0 Å². The standard InChI is InChI=1S/C24H26ClNO5/c1-14(2)15-5-7-16(8-6-15)21-20(23(28)24(29)26(21)11-12-30-3)22(27)17-9-10-19(31-4)18(25)13-17/h5-10,13-14,21,27H,11-12H2,1-4H3/b22-20-. The number of likely N-dealkylation sites (tertiary alicyclic amines) is 1. The molecular formula is C24H26ClNO5. The maximum absolute atomic E-state index is 13.0. The lowest BCUT2D eigenvalue weighted by molar-refractivity contribution is -0.140. The van der Waals surface area contributed by atoms with Gasteiger partial charge in [0.15, 0.2) is 0 Å². The molecule has 1 N–H and O–H groups in total. The summed E-state index contributed by atoms with van der Waals surface area (Å²) in [6.07, 6.45) is 0. The second-order valence-electron chi connectivity index (χ2n) is 7.66. The highest BCUT2D eigenvalue weighted by Crippen LogP contribution is 2.40. The first-order chi connectivity index (χ1) is 14.8. The molecule has 3 rings (SSSR count). The summed E-state index contributed by atoms with van der Waals surface area (Å²) < 4.78 is 10.3. The Morgan fingerprint density at radius 2 is 1.81 bits per heavy atom. The summed E-state index contributed by atoms with van der Waals surface area (Å²) in [5.74, 6) is -0.898. The highest BCUT2D eigenvalue weighted by Gasteiger charge is 2.45. The Morgan fingerprint density at radius 3 is 2.35 bits per heavy atom. The lowest BCUT2D eigenvalue weighted by atomic mass is 9.93. The molecule has 1 saturated heterocycles. The number of carbonyl (C=O) groups excluding carboxylic acids is 2. The van der Waals surface area contributed by atoms with Gasteiger partial charge in [-0.25, -0.2) is 0 Å². The van der Waals surface area contributed by atoms with E-state index in [9.17, 15) is 14.7 Å². The summed E-state index contributed by atoms with van der Waals surface area (Å²) in [7, 11) is 3.02. The van der Waals surface area contributed by atoms with Crippen molar-refractivity contribution in [1.82, 2.24) is 4.90 Å². The lowest BCUT2D eigenvalue weighted by Gasteiger charge is -2.25. The zero-order chi connectivity index (χ0) is 22.7. The van der Waals surface area contributed by atoms with Crippen molar-refractivity contribution in [2.24, 2.45) is 0 Å². The molecule has 2 aromatic rings. The van der Waals surface area contributed by atoms with Crippen molar-refractivity contribution in [3.8, 4) is 5.75 Å². The topological polar surface area (TPSA) is 76.1 Å². The lowest BCUT2D eigenvalue weighted by Crippen LogP contribution is -2.32. The Morgan fingerprint density at radius 1 is 1.13 bits per heavy atom. The first-order valence-electron chi connectivity index (χ1n) is 10.0. The Labute approximate surface area is 187 Å². The zero-order valence-corrected chi connectivity index (χ0v) is 18.8. The van der Waals surface area contributed by atoms with Crippen molar-refractivity contribution in [2.45, 2.75) is 25.8 Å². The monoisotopic (exact) mass is 443 g/mol. The number of Topliss-reactive ketones (excluding diaryl/α,β-unsaturated/α-hetero) is 1. The van der Waals surface area contributed by atoms with Crippen LogP contribution < -0.4 is 4.74 Å². The summed E-state index contributed by atoms with van der Waals surface area (Å²) in [6, 6.07) is 11.7. The third-order valence-electron chi connectivity index (χ3n) is 5.42. The summed E-state index contributed by atoms with van der Waals surface area (Å²) in [6.45, 7) is 4.67. The van der Waals surface area contributed by atoms with Crippen molar-refractivity contribution >= 4 is 29.1 Å². The van der Waals surface area contributed by atoms with Gasteiger partial charge in [-0.1, -0.05) is 49.7 Å². The van der Waals surface area contributed by atoms with Crippen LogP contribution in [0, 0.1) is 0 Å². The third-order valence-corrected chi connectivity index (χ3v) is 5.72. The molecule has 0 aromatic heterocycles. The molecule has 7 heteroatoms. The van der Waals surface area contributed by atoms with Gasteiger partial charge in [0.2, 0.25) is 0 Å². The highest BCUT2D eigenvalue weighted by atomic mass is 35.5. The van der Waals surface area contributed by atoms with Crippen LogP contribution in [0.4, 0.5) is 0 Å². The molecule has 0 radical (unpaired) electrons. The van der Waals surface area contributed by atoms with E-state index in [4.69, 9.17) is 21.1 Å². The maximum Gasteiger partial charge on any atom is 0.295 e. The Bertz CT molecular complexity index is 1010. The van der Waals surface area contributed by atoms with Gasteiger partial charge in [-0.15, -0.1) is 0 Å². The van der Waals surface area contributed by atoms with Crippen LogP contribution in [-0.4, -0.2) is 49.1 Å². The number of amides is 1. The molecule has 0 saturated carbocycles. The molecule has 1 amide bonds. The fourth-order valence-corrected chi connectivity index (χ4v) is 3.94. The van der Waals surface area contributed by atoms with Crippen LogP contribution in [0.15, 0.2) is 48.0 Å². The SMILES string of the molecule is COCCN1C(=O)C(=O)/C(=C(\O)c2ccc(OC)c(Cl)c2)C1c1ccc(C(C)C)cc1. The molecular weight excluding hydrogens is 418 g/mol. The minimum atomic E-state index is -0.738. The predicted octanol–water partition coefficient (Wildman–Crippen LogP) is 4.54. The number of rotatable bonds is 7. The number of hydrogen-bond donors (Lipinski definition) is 1. The number of carbonyl (C=O) groups is 2. The molecule has 1 aliphatic rings. The summed E-state index contributed by atoms with van der Waals surface area (Å²) in [4.78, 5) is 27.2. The van der Waals surface area contributed by atoms with Crippen LogP contribution in [-0.2, 0) is 14.3 Å². The molecule has 1 heterocycles. The van der Waals surface area contributed by atoms with Crippen LogP contribution in [0.25, 0.3) is 5.76 Å². The normalized spacial score (nSPS) is 18.1. The molecule has 31 heavy (non-hydrogen) atoms. The van der Waals surface area contributed by atoms with E-state index in [0.717, 1.165) is 11.1 Å². The predicted molar refractivity (Wildman–Crippen MR) is 119 cm³/mol. The molecule has 0 bridgehead atoms. The number of aliphatic hydroxyl groups excluding tert-OH is 1. The number of benzene rings is 2.